The lowest BCUT2D eigenvalue weighted by molar-refractivity contribution is 0.228. The van der Waals surface area contributed by atoms with Crippen molar-refractivity contribution in [2.24, 2.45) is 11.3 Å². The minimum absolute atomic E-state index is 0.597. The van der Waals surface area contributed by atoms with E-state index in [1.54, 1.807) is 0 Å². The van der Waals surface area contributed by atoms with Crippen LogP contribution in [0.2, 0.25) is 0 Å². The van der Waals surface area contributed by atoms with Gasteiger partial charge in [-0.25, -0.2) is 0 Å². The number of nitrogens with one attached hydrogen (secondary N) is 1. The van der Waals surface area contributed by atoms with Crippen LogP contribution in [-0.2, 0) is 0 Å². The van der Waals surface area contributed by atoms with Gasteiger partial charge in [-0.1, -0.05) is 59.3 Å². The maximum atomic E-state index is 3.66. The number of rotatable bonds is 12. The lowest BCUT2D eigenvalue weighted by Crippen LogP contribution is -2.34. The van der Waals surface area contributed by atoms with Gasteiger partial charge in [0.05, 0.1) is 0 Å². The van der Waals surface area contributed by atoms with Crippen molar-refractivity contribution in [2.75, 3.05) is 13.1 Å². The van der Waals surface area contributed by atoms with Gasteiger partial charge in [0.25, 0.3) is 0 Å². The smallest absolute Gasteiger partial charge is 0.000781 e. The highest BCUT2D eigenvalue weighted by atomic mass is 14.9. The second-order valence-corrected chi connectivity index (χ2v) is 6.62. The first kappa shape index (κ1) is 16.0. The van der Waals surface area contributed by atoms with Crippen molar-refractivity contribution in [3.05, 3.63) is 0 Å². The summed E-state index contributed by atoms with van der Waals surface area (Å²) in [6.45, 7) is 9.53. The molecule has 0 radical (unpaired) electrons. The summed E-state index contributed by atoms with van der Waals surface area (Å²) in [5.41, 5.74) is 0.597. The molecule has 1 N–H and O–H groups in total. The van der Waals surface area contributed by atoms with Gasteiger partial charge in [-0.2, -0.15) is 0 Å². The summed E-state index contributed by atoms with van der Waals surface area (Å²) in [6, 6.07) is 0. The fourth-order valence-electron chi connectivity index (χ4n) is 3.08. The third kappa shape index (κ3) is 6.22. The van der Waals surface area contributed by atoms with E-state index in [4.69, 9.17) is 0 Å². The van der Waals surface area contributed by atoms with E-state index in [0.29, 0.717) is 5.41 Å². The first-order chi connectivity index (χ1) is 8.73. The Morgan fingerprint density at radius 1 is 0.944 bits per heavy atom. The Labute approximate surface area is 115 Å². The second-order valence-electron chi connectivity index (χ2n) is 6.62. The summed E-state index contributed by atoms with van der Waals surface area (Å²) in [6.07, 6.45) is 14.3. The molecule has 1 fully saturated rings. The van der Waals surface area contributed by atoms with Crippen LogP contribution in [0.5, 0.6) is 0 Å². The molecule has 1 rings (SSSR count). The van der Waals surface area contributed by atoms with Crippen LogP contribution in [0.1, 0.15) is 85.0 Å². The fraction of sp³-hybridized carbons (Fsp3) is 1.00. The van der Waals surface area contributed by atoms with Crippen molar-refractivity contribution in [3.63, 3.8) is 0 Å². The van der Waals surface area contributed by atoms with Gasteiger partial charge >= 0.3 is 0 Å². The van der Waals surface area contributed by atoms with Gasteiger partial charge in [-0.3, -0.25) is 0 Å². The molecule has 108 valence electrons. The van der Waals surface area contributed by atoms with Crippen molar-refractivity contribution in [2.45, 2.75) is 85.0 Å². The summed E-state index contributed by atoms with van der Waals surface area (Å²) in [7, 11) is 0. The van der Waals surface area contributed by atoms with Crippen LogP contribution in [0.15, 0.2) is 0 Å². The van der Waals surface area contributed by atoms with Crippen molar-refractivity contribution in [3.8, 4) is 0 Å². The van der Waals surface area contributed by atoms with Crippen LogP contribution in [0.3, 0.4) is 0 Å². The van der Waals surface area contributed by atoms with E-state index in [-0.39, 0.29) is 0 Å². The number of unbranched alkanes of at least 4 members (excludes halogenated alkanes) is 5. The van der Waals surface area contributed by atoms with Crippen LogP contribution in [0, 0.1) is 11.3 Å². The maximum Gasteiger partial charge on any atom is 0.000781 e. The lowest BCUT2D eigenvalue weighted by Gasteiger charge is -2.30. The zero-order valence-corrected chi connectivity index (χ0v) is 13.1. The van der Waals surface area contributed by atoms with E-state index in [9.17, 15) is 0 Å². The lowest BCUT2D eigenvalue weighted by atomic mass is 9.79. The highest BCUT2D eigenvalue weighted by Crippen LogP contribution is 2.48. The fourth-order valence-corrected chi connectivity index (χ4v) is 3.08. The monoisotopic (exact) mass is 253 g/mol. The second kappa shape index (κ2) is 8.96. The first-order valence-electron chi connectivity index (χ1n) is 8.43. The van der Waals surface area contributed by atoms with Crippen molar-refractivity contribution < 1.29 is 0 Å². The third-order valence-electron chi connectivity index (χ3n) is 4.62. The molecule has 0 aliphatic heterocycles. The average molecular weight is 253 g/mol. The molecule has 0 bridgehead atoms. The van der Waals surface area contributed by atoms with E-state index in [2.05, 4.69) is 26.1 Å². The molecule has 1 atom stereocenters. The summed E-state index contributed by atoms with van der Waals surface area (Å²) >= 11 is 0. The Morgan fingerprint density at radius 2 is 1.61 bits per heavy atom. The highest BCUT2D eigenvalue weighted by Gasteiger charge is 2.40. The Hall–Kier alpha value is -0.0400. The SMILES string of the molecule is CCCCCCCCC(C)(CNCCC)C1CC1. The molecule has 1 unspecified atom stereocenters. The molecule has 0 heterocycles. The Balaban J connectivity index is 2.12. The van der Waals surface area contributed by atoms with Gasteiger partial charge in [-0.05, 0) is 43.6 Å². The minimum atomic E-state index is 0.597. The third-order valence-corrected chi connectivity index (χ3v) is 4.62. The standard InChI is InChI=1S/C17H35N/c1-4-6-7-8-9-10-13-17(3,16-11-12-16)15-18-14-5-2/h16,18H,4-15H2,1-3H3. The zero-order chi connectivity index (χ0) is 13.3. The Morgan fingerprint density at radius 3 is 2.22 bits per heavy atom. The van der Waals surface area contributed by atoms with Gasteiger partial charge in [0.1, 0.15) is 0 Å². The Kier molecular flexibility index (Phi) is 7.97. The quantitative estimate of drug-likeness (QED) is 0.474. The molecule has 1 nitrogen and oxygen atoms in total. The summed E-state index contributed by atoms with van der Waals surface area (Å²) in [5, 5.41) is 3.66. The first-order valence-corrected chi connectivity index (χ1v) is 8.43. The highest BCUT2D eigenvalue weighted by molar-refractivity contribution is 4.92. The minimum Gasteiger partial charge on any atom is -0.316 e. The van der Waals surface area contributed by atoms with Crippen LogP contribution in [-0.4, -0.2) is 13.1 Å². The predicted octanol–water partition coefficient (Wildman–Crippen LogP) is 5.15. The number of hydrogen-bond acceptors (Lipinski definition) is 1. The molecule has 0 aromatic heterocycles. The summed E-state index contributed by atoms with van der Waals surface area (Å²) < 4.78 is 0. The molecule has 0 amide bonds. The largest absolute Gasteiger partial charge is 0.316 e. The molecule has 0 aromatic carbocycles. The molecule has 0 saturated heterocycles. The molecular weight excluding hydrogens is 218 g/mol. The van der Waals surface area contributed by atoms with E-state index < -0.39 is 0 Å². The van der Waals surface area contributed by atoms with E-state index in [1.165, 1.54) is 77.3 Å². The molecule has 1 aliphatic carbocycles. The van der Waals surface area contributed by atoms with Gasteiger partial charge in [0.2, 0.25) is 0 Å². The summed E-state index contributed by atoms with van der Waals surface area (Å²) in [4.78, 5) is 0. The Bertz CT molecular complexity index is 198. The van der Waals surface area contributed by atoms with Crippen LogP contribution in [0.4, 0.5) is 0 Å². The van der Waals surface area contributed by atoms with Gasteiger partial charge < -0.3 is 5.32 Å². The number of hydrogen-bond donors (Lipinski definition) is 1. The van der Waals surface area contributed by atoms with Crippen molar-refractivity contribution in [1.82, 2.24) is 5.32 Å². The van der Waals surface area contributed by atoms with Crippen molar-refractivity contribution >= 4 is 0 Å². The average Bonchev–Trinajstić information content (AvgIpc) is 3.18. The van der Waals surface area contributed by atoms with E-state index in [1.807, 2.05) is 0 Å². The molecule has 18 heavy (non-hydrogen) atoms. The normalized spacial score (nSPS) is 18.8. The van der Waals surface area contributed by atoms with Gasteiger partial charge in [-0.15, -0.1) is 0 Å². The molecule has 0 spiro atoms. The molecule has 1 aliphatic rings. The molecule has 1 saturated carbocycles. The molecule has 1 heteroatoms. The summed E-state index contributed by atoms with van der Waals surface area (Å²) in [5.74, 6) is 1.03. The zero-order valence-electron chi connectivity index (χ0n) is 13.1. The van der Waals surface area contributed by atoms with Crippen molar-refractivity contribution in [1.29, 1.82) is 0 Å². The van der Waals surface area contributed by atoms with Crippen LogP contribution < -0.4 is 5.32 Å². The van der Waals surface area contributed by atoms with Gasteiger partial charge in [0.15, 0.2) is 0 Å². The molecular formula is C17H35N. The van der Waals surface area contributed by atoms with Gasteiger partial charge in [0, 0.05) is 6.54 Å². The maximum absolute atomic E-state index is 3.66. The topological polar surface area (TPSA) is 12.0 Å². The van der Waals surface area contributed by atoms with E-state index >= 15 is 0 Å². The van der Waals surface area contributed by atoms with Crippen LogP contribution >= 0.6 is 0 Å². The molecule has 0 aromatic rings. The predicted molar refractivity (Wildman–Crippen MR) is 82.0 cm³/mol. The van der Waals surface area contributed by atoms with E-state index in [0.717, 1.165) is 5.92 Å². The van der Waals surface area contributed by atoms with Crippen LogP contribution in [0.25, 0.3) is 0 Å².